The number of hydrogen-bond donors (Lipinski definition) is 0. The summed E-state index contributed by atoms with van der Waals surface area (Å²) in [5.74, 6) is -0.346. The van der Waals surface area contributed by atoms with Crippen molar-refractivity contribution in [1.29, 1.82) is 0 Å². The van der Waals surface area contributed by atoms with Gasteiger partial charge in [0.1, 0.15) is 11.7 Å². The predicted octanol–water partition coefficient (Wildman–Crippen LogP) is 0.746. The molecular formula is C14H12N5O2+. The standard InChI is InChI=1S/C14H12N5O2/c1-17-12-13(16-6-5-15-12)19-11-4-3-9(14(20)21-2)7-10(11)8-18(17)19/h3-8H,1-2H3/q+1. The minimum atomic E-state index is -0.346. The molecule has 0 aliphatic rings. The lowest BCUT2D eigenvalue weighted by molar-refractivity contribution is -0.571. The van der Waals surface area contributed by atoms with Gasteiger partial charge >= 0.3 is 11.6 Å². The zero-order chi connectivity index (χ0) is 14.6. The van der Waals surface area contributed by atoms with Crippen LogP contribution in [0.1, 0.15) is 10.4 Å². The Balaban J connectivity index is 2.12. The molecule has 0 bridgehead atoms. The second-order valence-corrected chi connectivity index (χ2v) is 4.75. The maximum atomic E-state index is 11.6. The first kappa shape index (κ1) is 11.8. The largest absolute Gasteiger partial charge is 0.465 e. The molecule has 0 saturated carbocycles. The maximum Gasteiger partial charge on any atom is 0.346 e. The fourth-order valence-corrected chi connectivity index (χ4v) is 2.62. The summed E-state index contributed by atoms with van der Waals surface area (Å²) in [6.45, 7) is 0. The molecule has 1 aromatic carbocycles. The van der Waals surface area contributed by atoms with Crippen LogP contribution >= 0.6 is 0 Å². The summed E-state index contributed by atoms with van der Waals surface area (Å²) in [5.41, 5.74) is 3.03. The maximum absolute atomic E-state index is 11.6. The minimum Gasteiger partial charge on any atom is -0.465 e. The number of carbonyl (C=O) groups is 1. The predicted molar refractivity (Wildman–Crippen MR) is 74.0 cm³/mol. The zero-order valence-electron chi connectivity index (χ0n) is 11.5. The first-order chi connectivity index (χ1) is 10.2. The second kappa shape index (κ2) is 4.02. The minimum absolute atomic E-state index is 0.346. The highest BCUT2D eigenvalue weighted by molar-refractivity contribution is 5.93. The average Bonchev–Trinajstić information content (AvgIpc) is 3.03. The number of hydrogen-bond acceptors (Lipinski definition) is 4. The molecule has 3 heterocycles. The van der Waals surface area contributed by atoms with E-state index in [1.165, 1.54) is 7.11 Å². The fourth-order valence-electron chi connectivity index (χ4n) is 2.62. The van der Waals surface area contributed by atoms with E-state index in [2.05, 4.69) is 9.97 Å². The van der Waals surface area contributed by atoms with Crippen LogP contribution in [0.5, 0.6) is 0 Å². The molecule has 0 saturated heterocycles. The Labute approximate surface area is 119 Å². The Bertz CT molecular complexity index is 1010. The smallest absolute Gasteiger partial charge is 0.346 e. The van der Waals surface area contributed by atoms with Gasteiger partial charge in [0.05, 0.1) is 32.1 Å². The number of esters is 1. The Morgan fingerprint density at radius 1 is 1.29 bits per heavy atom. The fraction of sp³-hybridized carbons (Fsp3) is 0.143. The molecule has 3 aromatic heterocycles. The Morgan fingerprint density at radius 2 is 2.10 bits per heavy atom. The second-order valence-electron chi connectivity index (χ2n) is 4.75. The normalized spacial score (nSPS) is 11.5. The summed E-state index contributed by atoms with van der Waals surface area (Å²) in [5, 5.41) is 0.932. The number of ether oxygens (including phenoxy) is 1. The van der Waals surface area contributed by atoms with Gasteiger partial charge in [0.25, 0.3) is 5.65 Å². The summed E-state index contributed by atoms with van der Waals surface area (Å²) in [6, 6.07) is 5.44. The highest BCUT2D eigenvalue weighted by atomic mass is 16.5. The van der Waals surface area contributed by atoms with E-state index >= 15 is 0 Å². The van der Waals surface area contributed by atoms with Crippen LogP contribution in [0.25, 0.3) is 22.2 Å². The van der Waals surface area contributed by atoms with E-state index in [1.807, 2.05) is 39.2 Å². The Kier molecular flexibility index (Phi) is 2.26. The summed E-state index contributed by atoms with van der Waals surface area (Å²) < 4.78 is 10.5. The van der Waals surface area contributed by atoms with Crippen LogP contribution in [0.2, 0.25) is 0 Å². The highest BCUT2D eigenvalue weighted by Gasteiger charge is 2.21. The summed E-state index contributed by atoms with van der Waals surface area (Å²) in [6.07, 6.45) is 5.27. The van der Waals surface area contributed by atoms with Gasteiger partial charge in [0, 0.05) is 5.39 Å². The molecule has 4 rings (SSSR count). The number of benzene rings is 1. The lowest BCUT2D eigenvalue weighted by Gasteiger charge is -1.97. The molecule has 0 spiro atoms. The average molecular weight is 282 g/mol. The summed E-state index contributed by atoms with van der Waals surface area (Å²) >= 11 is 0. The van der Waals surface area contributed by atoms with E-state index in [4.69, 9.17) is 4.74 Å². The monoisotopic (exact) mass is 282 g/mol. The molecule has 0 unspecified atom stereocenters. The van der Waals surface area contributed by atoms with Gasteiger partial charge in [-0.1, -0.05) is 4.63 Å². The van der Waals surface area contributed by atoms with Gasteiger partial charge in [-0.2, -0.15) is 4.68 Å². The van der Waals surface area contributed by atoms with Crippen molar-refractivity contribution in [3.05, 3.63) is 42.4 Å². The molecule has 0 fully saturated rings. The molecule has 0 amide bonds. The SMILES string of the molecule is COC(=O)c1ccc2c(c1)cn1n(C)c3nccnc3[n+]21. The third-order valence-corrected chi connectivity index (χ3v) is 3.61. The van der Waals surface area contributed by atoms with Crippen molar-refractivity contribution in [2.24, 2.45) is 7.05 Å². The van der Waals surface area contributed by atoms with Gasteiger partial charge in [-0.3, -0.25) is 0 Å². The van der Waals surface area contributed by atoms with E-state index in [1.54, 1.807) is 18.5 Å². The van der Waals surface area contributed by atoms with Gasteiger partial charge in [0.2, 0.25) is 0 Å². The van der Waals surface area contributed by atoms with Gasteiger partial charge in [-0.05, 0) is 18.2 Å². The van der Waals surface area contributed by atoms with Crippen LogP contribution in [-0.4, -0.2) is 32.4 Å². The lowest BCUT2D eigenvalue weighted by atomic mass is 10.1. The van der Waals surface area contributed by atoms with Gasteiger partial charge in [-0.15, -0.1) is 9.50 Å². The number of aromatic nitrogens is 5. The molecular weight excluding hydrogens is 270 g/mol. The van der Waals surface area contributed by atoms with E-state index in [-0.39, 0.29) is 5.97 Å². The van der Waals surface area contributed by atoms with Crippen molar-refractivity contribution < 1.29 is 14.0 Å². The lowest BCUT2D eigenvalue weighted by Crippen LogP contribution is -2.27. The molecule has 0 radical (unpaired) electrons. The Morgan fingerprint density at radius 3 is 2.90 bits per heavy atom. The van der Waals surface area contributed by atoms with E-state index in [0.717, 1.165) is 22.2 Å². The molecule has 0 N–H and O–H groups in total. The molecule has 7 nitrogen and oxygen atoms in total. The van der Waals surface area contributed by atoms with Crippen molar-refractivity contribution in [2.75, 3.05) is 7.11 Å². The number of fused-ring (bicyclic) bond motifs is 5. The number of nitrogens with zero attached hydrogens (tertiary/aromatic N) is 5. The quantitative estimate of drug-likeness (QED) is 0.381. The number of aryl methyl sites for hydroxylation is 1. The van der Waals surface area contributed by atoms with Gasteiger partial charge < -0.3 is 4.74 Å². The molecule has 7 heteroatoms. The van der Waals surface area contributed by atoms with Crippen molar-refractivity contribution in [1.82, 2.24) is 19.3 Å². The molecule has 4 aromatic rings. The Hall–Kier alpha value is -2.96. The van der Waals surface area contributed by atoms with Crippen LogP contribution in [0.4, 0.5) is 0 Å². The van der Waals surface area contributed by atoms with E-state index in [9.17, 15) is 4.79 Å². The molecule has 0 aliphatic heterocycles. The van der Waals surface area contributed by atoms with Crippen molar-refractivity contribution in [3.8, 4) is 0 Å². The highest BCUT2D eigenvalue weighted by Crippen LogP contribution is 2.16. The topological polar surface area (TPSA) is 65.5 Å². The van der Waals surface area contributed by atoms with E-state index in [0.29, 0.717) is 5.56 Å². The molecule has 0 atom stereocenters. The van der Waals surface area contributed by atoms with Gasteiger partial charge in [0.15, 0.2) is 0 Å². The summed E-state index contributed by atoms with van der Waals surface area (Å²) in [7, 11) is 3.29. The van der Waals surface area contributed by atoms with Crippen LogP contribution in [0, 0.1) is 0 Å². The zero-order valence-corrected chi connectivity index (χ0v) is 11.5. The third kappa shape index (κ3) is 1.48. The number of carbonyl (C=O) groups excluding carboxylic acids is 1. The van der Waals surface area contributed by atoms with Crippen LogP contribution in [0.3, 0.4) is 0 Å². The first-order valence-corrected chi connectivity index (χ1v) is 6.42. The molecule has 104 valence electrons. The third-order valence-electron chi connectivity index (χ3n) is 3.61. The number of methoxy groups -OCH3 is 1. The van der Waals surface area contributed by atoms with Crippen LogP contribution in [0.15, 0.2) is 36.8 Å². The molecule has 0 aliphatic carbocycles. The summed E-state index contributed by atoms with van der Waals surface area (Å²) in [4.78, 5) is 20.4. The van der Waals surface area contributed by atoms with Crippen molar-refractivity contribution in [2.45, 2.75) is 0 Å². The molecule has 21 heavy (non-hydrogen) atoms. The van der Waals surface area contributed by atoms with Crippen molar-refractivity contribution >= 4 is 28.2 Å². The first-order valence-electron chi connectivity index (χ1n) is 6.42. The van der Waals surface area contributed by atoms with Crippen molar-refractivity contribution in [3.63, 3.8) is 0 Å². The van der Waals surface area contributed by atoms with Crippen LogP contribution < -0.4 is 4.52 Å². The number of rotatable bonds is 1. The van der Waals surface area contributed by atoms with E-state index < -0.39 is 0 Å². The van der Waals surface area contributed by atoms with Crippen LogP contribution in [-0.2, 0) is 11.8 Å². The van der Waals surface area contributed by atoms with Gasteiger partial charge in [-0.25, -0.2) is 9.78 Å².